The average Bonchev–Trinajstić information content (AvgIpc) is 2.40. The lowest BCUT2D eigenvalue weighted by molar-refractivity contribution is 0.475. The third-order valence-corrected chi connectivity index (χ3v) is 3.58. The predicted octanol–water partition coefficient (Wildman–Crippen LogP) is 4.20. The van der Waals surface area contributed by atoms with E-state index in [2.05, 4.69) is 37.4 Å². The van der Waals surface area contributed by atoms with E-state index in [4.69, 9.17) is 11.6 Å². The van der Waals surface area contributed by atoms with Crippen LogP contribution in [0.15, 0.2) is 42.5 Å². The highest BCUT2D eigenvalue weighted by molar-refractivity contribution is 6.32. The smallest absolute Gasteiger partial charge is 0.134 e. The molecular formula is C16H18ClNO. The minimum absolute atomic E-state index is 0.123. The molecule has 0 aliphatic heterocycles. The number of nitrogens with one attached hydrogen (secondary N) is 1. The van der Waals surface area contributed by atoms with Gasteiger partial charge >= 0.3 is 0 Å². The van der Waals surface area contributed by atoms with Crippen LogP contribution in [0.25, 0.3) is 0 Å². The van der Waals surface area contributed by atoms with Crippen molar-refractivity contribution in [1.82, 2.24) is 5.32 Å². The summed E-state index contributed by atoms with van der Waals surface area (Å²) < 4.78 is 0. The van der Waals surface area contributed by atoms with E-state index in [1.54, 1.807) is 12.1 Å². The van der Waals surface area contributed by atoms with E-state index in [9.17, 15) is 5.11 Å². The van der Waals surface area contributed by atoms with Crippen LogP contribution in [0.3, 0.4) is 0 Å². The Bertz CT molecular complexity index is 568. The number of aryl methyl sites for hydroxylation is 1. The number of hydrogen-bond acceptors (Lipinski definition) is 2. The second kappa shape index (κ2) is 6.09. The van der Waals surface area contributed by atoms with E-state index in [1.165, 1.54) is 11.1 Å². The van der Waals surface area contributed by atoms with Crippen LogP contribution in [0, 0.1) is 6.92 Å². The first-order valence-electron chi connectivity index (χ1n) is 6.34. The summed E-state index contributed by atoms with van der Waals surface area (Å²) in [5, 5.41) is 13.2. The molecule has 0 fully saturated rings. The largest absolute Gasteiger partial charge is 0.506 e. The standard InChI is InChI=1S/C16H18ClNO/c1-11-5-3-4-6-14(11)12(2)18-10-13-7-8-16(19)15(17)9-13/h3-9,12,18-19H,10H2,1-2H3. The lowest BCUT2D eigenvalue weighted by atomic mass is 10.0. The second-order valence-corrected chi connectivity index (χ2v) is 5.15. The lowest BCUT2D eigenvalue weighted by Gasteiger charge is -2.16. The Balaban J connectivity index is 2.02. The molecule has 100 valence electrons. The minimum atomic E-state index is 0.123. The van der Waals surface area contributed by atoms with Crippen molar-refractivity contribution in [3.63, 3.8) is 0 Å². The summed E-state index contributed by atoms with van der Waals surface area (Å²) in [4.78, 5) is 0. The highest BCUT2D eigenvalue weighted by Crippen LogP contribution is 2.24. The van der Waals surface area contributed by atoms with Crippen LogP contribution >= 0.6 is 11.6 Å². The molecule has 2 nitrogen and oxygen atoms in total. The Morgan fingerprint density at radius 2 is 1.95 bits per heavy atom. The third kappa shape index (κ3) is 3.49. The van der Waals surface area contributed by atoms with Gasteiger partial charge in [0.25, 0.3) is 0 Å². The van der Waals surface area contributed by atoms with Crippen molar-refractivity contribution in [2.75, 3.05) is 0 Å². The molecule has 0 saturated heterocycles. The molecule has 1 unspecified atom stereocenters. The first-order chi connectivity index (χ1) is 9.08. The summed E-state index contributed by atoms with van der Waals surface area (Å²) in [6.45, 7) is 4.98. The van der Waals surface area contributed by atoms with Gasteiger partial charge in [0.15, 0.2) is 0 Å². The molecule has 2 N–H and O–H groups in total. The van der Waals surface area contributed by atoms with Crippen LogP contribution in [0.1, 0.15) is 29.7 Å². The molecule has 0 amide bonds. The zero-order valence-corrected chi connectivity index (χ0v) is 11.9. The molecule has 2 aromatic rings. The monoisotopic (exact) mass is 275 g/mol. The molecule has 0 aromatic heterocycles. The summed E-state index contributed by atoms with van der Waals surface area (Å²) >= 11 is 5.89. The summed E-state index contributed by atoms with van der Waals surface area (Å²) in [6.07, 6.45) is 0. The Kier molecular flexibility index (Phi) is 4.46. The topological polar surface area (TPSA) is 32.3 Å². The molecule has 0 aliphatic carbocycles. The van der Waals surface area contributed by atoms with Crippen molar-refractivity contribution in [1.29, 1.82) is 0 Å². The van der Waals surface area contributed by atoms with Crippen LogP contribution < -0.4 is 5.32 Å². The Hall–Kier alpha value is -1.51. The van der Waals surface area contributed by atoms with Gasteiger partial charge in [-0.05, 0) is 42.7 Å². The highest BCUT2D eigenvalue weighted by atomic mass is 35.5. The fourth-order valence-electron chi connectivity index (χ4n) is 2.11. The van der Waals surface area contributed by atoms with Crippen molar-refractivity contribution in [2.45, 2.75) is 26.4 Å². The molecule has 0 radical (unpaired) electrons. The van der Waals surface area contributed by atoms with E-state index in [0.717, 1.165) is 12.1 Å². The minimum Gasteiger partial charge on any atom is -0.506 e. The maximum absolute atomic E-state index is 9.38. The molecule has 1 atom stereocenters. The molecule has 0 heterocycles. The van der Waals surface area contributed by atoms with Crippen LogP contribution in [0.4, 0.5) is 0 Å². The average molecular weight is 276 g/mol. The number of rotatable bonds is 4. The predicted molar refractivity (Wildman–Crippen MR) is 79.6 cm³/mol. The number of benzene rings is 2. The first kappa shape index (κ1) is 13.9. The van der Waals surface area contributed by atoms with Gasteiger partial charge in [-0.3, -0.25) is 0 Å². The van der Waals surface area contributed by atoms with Crippen molar-refractivity contribution in [2.24, 2.45) is 0 Å². The Morgan fingerprint density at radius 3 is 2.63 bits per heavy atom. The van der Waals surface area contributed by atoms with Gasteiger partial charge in [-0.15, -0.1) is 0 Å². The molecule has 2 rings (SSSR count). The molecule has 3 heteroatoms. The van der Waals surface area contributed by atoms with E-state index in [-0.39, 0.29) is 11.8 Å². The van der Waals surface area contributed by atoms with Gasteiger partial charge in [-0.1, -0.05) is 41.9 Å². The zero-order valence-electron chi connectivity index (χ0n) is 11.2. The van der Waals surface area contributed by atoms with Crippen molar-refractivity contribution in [3.05, 3.63) is 64.2 Å². The van der Waals surface area contributed by atoms with Gasteiger partial charge in [0.2, 0.25) is 0 Å². The van der Waals surface area contributed by atoms with Gasteiger partial charge in [-0.2, -0.15) is 0 Å². The van der Waals surface area contributed by atoms with Crippen LogP contribution in [0.5, 0.6) is 5.75 Å². The number of hydrogen-bond donors (Lipinski definition) is 2. The lowest BCUT2D eigenvalue weighted by Crippen LogP contribution is -2.18. The van der Waals surface area contributed by atoms with Crippen molar-refractivity contribution < 1.29 is 5.11 Å². The van der Waals surface area contributed by atoms with Gasteiger partial charge in [0.1, 0.15) is 5.75 Å². The quantitative estimate of drug-likeness (QED) is 0.876. The first-order valence-corrected chi connectivity index (χ1v) is 6.72. The SMILES string of the molecule is Cc1ccccc1C(C)NCc1ccc(O)c(Cl)c1. The van der Waals surface area contributed by atoms with Gasteiger partial charge in [0.05, 0.1) is 5.02 Å². The van der Waals surface area contributed by atoms with Gasteiger partial charge in [-0.25, -0.2) is 0 Å². The summed E-state index contributed by atoms with van der Waals surface area (Å²) in [6, 6.07) is 13.9. The molecule has 19 heavy (non-hydrogen) atoms. The molecule has 2 aromatic carbocycles. The fraction of sp³-hybridized carbons (Fsp3) is 0.250. The van der Waals surface area contributed by atoms with Crippen molar-refractivity contribution in [3.8, 4) is 5.75 Å². The molecule has 0 aliphatic rings. The number of aromatic hydroxyl groups is 1. The highest BCUT2D eigenvalue weighted by Gasteiger charge is 2.07. The second-order valence-electron chi connectivity index (χ2n) is 4.74. The number of halogens is 1. The maximum Gasteiger partial charge on any atom is 0.134 e. The maximum atomic E-state index is 9.38. The van der Waals surface area contributed by atoms with E-state index < -0.39 is 0 Å². The summed E-state index contributed by atoms with van der Waals surface area (Å²) in [5.41, 5.74) is 3.64. The van der Waals surface area contributed by atoms with Crippen LogP contribution in [-0.2, 0) is 6.54 Å². The Labute approximate surface area is 119 Å². The van der Waals surface area contributed by atoms with Gasteiger partial charge in [0, 0.05) is 12.6 Å². The zero-order chi connectivity index (χ0) is 13.8. The Morgan fingerprint density at radius 1 is 1.21 bits per heavy atom. The van der Waals surface area contributed by atoms with E-state index >= 15 is 0 Å². The number of phenols is 1. The molecule has 0 saturated carbocycles. The fourth-order valence-corrected chi connectivity index (χ4v) is 2.32. The van der Waals surface area contributed by atoms with Crippen LogP contribution in [-0.4, -0.2) is 5.11 Å². The molecular weight excluding hydrogens is 258 g/mol. The van der Waals surface area contributed by atoms with Crippen molar-refractivity contribution >= 4 is 11.6 Å². The summed E-state index contributed by atoms with van der Waals surface area (Å²) in [7, 11) is 0. The molecule has 0 spiro atoms. The van der Waals surface area contributed by atoms with E-state index in [0.29, 0.717) is 5.02 Å². The molecule has 0 bridgehead atoms. The van der Waals surface area contributed by atoms with E-state index in [1.807, 2.05) is 12.1 Å². The number of phenolic OH excluding ortho intramolecular Hbond substituents is 1. The summed E-state index contributed by atoms with van der Waals surface area (Å²) in [5.74, 6) is 0.123. The van der Waals surface area contributed by atoms with Crippen LogP contribution in [0.2, 0.25) is 5.02 Å². The van der Waals surface area contributed by atoms with Gasteiger partial charge < -0.3 is 10.4 Å². The third-order valence-electron chi connectivity index (χ3n) is 3.28. The normalized spacial score (nSPS) is 12.4.